The first-order valence-corrected chi connectivity index (χ1v) is 8.06. The maximum absolute atomic E-state index is 6.06. The Kier molecular flexibility index (Phi) is 3.79. The lowest BCUT2D eigenvalue weighted by molar-refractivity contribution is -0.141. The molecule has 0 saturated carbocycles. The van der Waals surface area contributed by atoms with Crippen LogP contribution in [-0.4, -0.2) is 46.9 Å². The SMILES string of the molecule is Cc1cc(CN2CC3(C2)OCC[C@@H]3COc2ccccn2)no1. The Morgan fingerprint density at radius 2 is 2.30 bits per heavy atom. The maximum atomic E-state index is 6.06. The molecular weight excluding hydrogens is 294 g/mol. The summed E-state index contributed by atoms with van der Waals surface area (Å²) < 4.78 is 17.0. The highest BCUT2D eigenvalue weighted by Crippen LogP contribution is 2.40. The van der Waals surface area contributed by atoms with E-state index in [1.165, 1.54) is 0 Å². The summed E-state index contributed by atoms with van der Waals surface area (Å²) in [5, 5.41) is 4.06. The number of ether oxygens (including phenoxy) is 2. The predicted octanol–water partition coefficient (Wildman–Crippen LogP) is 2.05. The van der Waals surface area contributed by atoms with Crippen LogP contribution in [0.5, 0.6) is 5.88 Å². The van der Waals surface area contributed by atoms with Crippen LogP contribution in [-0.2, 0) is 11.3 Å². The van der Waals surface area contributed by atoms with Crippen molar-refractivity contribution in [2.75, 3.05) is 26.3 Å². The smallest absolute Gasteiger partial charge is 0.213 e. The summed E-state index contributed by atoms with van der Waals surface area (Å²) in [6, 6.07) is 7.71. The minimum absolute atomic E-state index is 0.0619. The van der Waals surface area contributed by atoms with E-state index >= 15 is 0 Å². The van der Waals surface area contributed by atoms with E-state index in [1.807, 2.05) is 31.2 Å². The summed E-state index contributed by atoms with van der Waals surface area (Å²) in [7, 11) is 0. The number of hydrogen-bond acceptors (Lipinski definition) is 6. The highest BCUT2D eigenvalue weighted by molar-refractivity contribution is 5.12. The van der Waals surface area contributed by atoms with Gasteiger partial charge in [0.2, 0.25) is 5.88 Å². The average molecular weight is 315 g/mol. The van der Waals surface area contributed by atoms with Crippen LogP contribution in [0, 0.1) is 12.8 Å². The number of nitrogens with zero attached hydrogens (tertiary/aromatic N) is 3. The Balaban J connectivity index is 1.32. The predicted molar refractivity (Wildman–Crippen MR) is 83.0 cm³/mol. The van der Waals surface area contributed by atoms with E-state index in [1.54, 1.807) is 6.20 Å². The van der Waals surface area contributed by atoms with Crippen LogP contribution >= 0.6 is 0 Å². The number of aryl methyl sites for hydroxylation is 1. The number of aromatic nitrogens is 2. The van der Waals surface area contributed by atoms with Crippen molar-refractivity contribution in [3.8, 4) is 5.88 Å². The molecule has 6 heteroatoms. The molecule has 2 aliphatic heterocycles. The van der Waals surface area contributed by atoms with Crippen molar-refractivity contribution in [2.24, 2.45) is 5.92 Å². The fourth-order valence-corrected chi connectivity index (χ4v) is 3.53. The Labute approximate surface area is 135 Å². The summed E-state index contributed by atoms with van der Waals surface area (Å²) in [6.45, 7) is 6.06. The molecule has 0 aliphatic carbocycles. The maximum Gasteiger partial charge on any atom is 0.213 e. The van der Waals surface area contributed by atoms with Crippen LogP contribution in [0.1, 0.15) is 17.9 Å². The van der Waals surface area contributed by atoms with Gasteiger partial charge in [-0.2, -0.15) is 0 Å². The van der Waals surface area contributed by atoms with Crippen LogP contribution in [0.4, 0.5) is 0 Å². The first-order valence-electron chi connectivity index (χ1n) is 8.06. The van der Waals surface area contributed by atoms with Crippen molar-refractivity contribution in [3.05, 3.63) is 41.9 Å². The zero-order valence-corrected chi connectivity index (χ0v) is 13.3. The van der Waals surface area contributed by atoms with E-state index in [0.717, 1.165) is 44.1 Å². The minimum Gasteiger partial charge on any atom is -0.477 e. The van der Waals surface area contributed by atoms with Crippen molar-refractivity contribution in [2.45, 2.75) is 25.5 Å². The molecule has 0 N–H and O–H groups in total. The molecule has 4 rings (SSSR count). The third-order valence-corrected chi connectivity index (χ3v) is 4.71. The number of hydrogen-bond donors (Lipinski definition) is 0. The fraction of sp³-hybridized carbons (Fsp3) is 0.529. The molecule has 2 aliphatic rings. The average Bonchev–Trinajstić information content (AvgIpc) is 3.12. The molecule has 0 unspecified atom stereocenters. The molecule has 1 spiro atoms. The van der Waals surface area contributed by atoms with Crippen molar-refractivity contribution >= 4 is 0 Å². The Morgan fingerprint density at radius 3 is 3.04 bits per heavy atom. The van der Waals surface area contributed by atoms with Gasteiger partial charge in [0.15, 0.2) is 0 Å². The van der Waals surface area contributed by atoms with E-state index in [4.69, 9.17) is 14.0 Å². The second kappa shape index (κ2) is 5.94. The number of rotatable bonds is 5. The van der Waals surface area contributed by atoms with Gasteiger partial charge in [0.1, 0.15) is 5.76 Å². The van der Waals surface area contributed by atoms with Gasteiger partial charge in [-0.05, 0) is 19.4 Å². The zero-order valence-electron chi connectivity index (χ0n) is 13.3. The van der Waals surface area contributed by atoms with Crippen LogP contribution in [0.2, 0.25) is 0 Å². The molecule has 2 aromatic rings. The zero-order chi connectivity index (χ0) is 15.7. The third kappa shape index (κ3) is 2.96. The molecule has 2 aromatic heterocycles. The fourth-order valence-electron chi connectivity index (χ4n) is 3.53. The van der Waals surface area contributed by atoms with Crippen LogP contribution in [0.25, 0.3) is 0 Å². The molecule has 0 aromatic carbocycles. The van der Waals surface area contributed by atoms with Crippen LogP contribution in [0.15, 0.2) is 35.0 Å². The second-order valence-electron chi connectivity index (χ2n) is 6.45. The van der Waals surface area contributed by atoms with E-state index in [-0.39, 0.29) is 5.60 Å². The summed E-state index contributed by atoms with van der Waals surface area (Å²) in [4.78, 5) is 6.56. The molecule has 6 nitrogen and oxygen atoms in total. The van der Waals surface area contributed by atoms with Crippen LogP contribution < -0.4 is 4.74 Å². The number of pyridine rings is 1. The summed E-state index contributed by atoms with van der Waals surface area (Å²) in [6.07, 6.45) is 2.80. The third-order valence-electron chi connectivity index (χ3n) is 4.71. The van der Waals surface area contributed by atoms with Gasteiger partial charge in [0.25, 0.3) is 0 Å². The molecule has 2 fully saturated rings. The lowest BCUT2D eigenvalue weighted by Gasteiger charge is -2.49. The van der Waals surface area contributed by atoms with Gasteiger partial charge in [-0.25, -0.2) is 4.98 Å². The van der Waals surface area contributed by atoms with Gasteiger partial charge in [0.05, 0.1) is 17.9 Å². The quantitative estimate of drug-likeness (QED) is 0.841. The molecule has 1 atom stereocenters. The Bertz CT molecular complexity index is 652. The Morgan fingerprint density at radius 1 is 1.39 bits per heavy atom. The van der Waals surface area contributed by atoms with Crippen molar-refractivity contribution < 1.29 is 14.0 Å². The standard InChI is InChI=1S/C17H21N3O3/c1-13-8-15(19-23-13)9-20-11-17(12-20)14(5-7-22-17)10-21-16-4-2-3-6-18-16/h2-4,6,8,14H,5,7,9-12H2,1H3/t14-/m1/s1. The highest BCUT2D eigenvalue weighted by atomic mass is 16.5. The lowest BCUT2D eigenvalue weighted by Crippen LogP contribution is -2.64. The lowest BCUT2D eigenvalue weighted by atomic mass is 9.81. The van der Waals surface area contributed by atoms with Gasteiger partial charge < -0.3 is 14.0 Å². The normalized spacial score (nSPS) is 23.1. The van der Waals surface area contributed by atoms with Crippen molar-refractivity contribution in [1.29, 1.82) is 0 Å². The van der Waals surface area contributed by atoms with Crippen LogP contribution in [0.3, 0.4) is 0 Å². The molecular formula is C17H21N3O3. The van der Waals surface area contributed by atoms with Gasteiger partial charge in [-0.1, -0.05) is 11.2 Å². The summed E-state index contributed by atoms with van der Waals surface area (Å²) in [5.74, 6) is 1.96. The largest absolute Gasteiger partial charge is 0.477 e. The molecule has 122 valence electrons. The molecule has 4 heterocycles. The van der Waals surface area contributed by atoms with E-state index in [9.17, 15) is 0 Å². The minimum atomic E-state index is -0.0619. The summed E-state index contributed by atoms with van der Waals surface area (Å²) in [5.41, 5.74) is 0.921. The molecule has 0 radical (unpaired) electrons. The van der Waals surface area contributed by atoms with E-state index in [0.29, 0.717) is 18.4 Å². The molecule has 0 amide bonds. The number of likely N-dealkylation sites (tertiary alicyclic amines) is 1. The van der Waals surface area contributed by atoms with Gasteiger partial charge >= 0.3 is 0 Å². The van der Waals surface area contributed by atoms with E-state index in [2.05, 4.69) is 15.0 Å². The molecule has 2 saturated heterocycles. The Hall–Kier alpha value is -1.92. The first-order chi connectivity index (χ1) is 11.2. The van der Waals surface area contributed by atoms with Crippen molar-refractivity contribution in [1.82, 2.24) is 15.0 Å². The second-order valence-corrected chi connectivity index (χ2v) is 6.45. The van der Waals surface area contributed by atoms with E-state index < -0.39 is 0 Å². The first kappa shape index (κ1) is 14.7. The summed E-state index contributed by atoms with van der Waals surface area (Å²) >= 11 is 0. The van der Waals surface area contributed by atoms with Crippen molar-refractivity contribution in [3.63, 3.8) is 0 Å². The molecule has 23 heavy (non-hydrogen) atoms. The monoisotopic (exact) mass is 315 g/mol. The molecule has 0 bridgehead atoms. The van der Waals surface area contributed by atoms with Gasteiger partial charge in [-0.3, -0.25) is 4.90 Å². The van der Waals surface area contributed by atoms with Gasteiger partial charge in [-0.15, -0.1) is 0 Å². The topological polar surface area (TPSA) is 60.6 Å². The van der Waals surface area contributed by atoms with Gasteiger partial charge in [0, 0.05) is 50.5 Å². The highest BCUT2D eigenvalue weighted by Gasteiger charge is 2.53.